The average molecular weight is 1290 g/mol. The Bertz CT molecular complexity index is 6160. The SMILES string of the molecule is c1ccc(-c2oc3c(c(-c4cccc(-c5cc(-c6ccccn6)nc(-c6ccccn6)c5)c4)nc4ccccc43)c2-c2ccccc2)cc1.c1ccc(-c2oc3c(c(-c4cccc(-c5ccc(-c6nc7ccccc7n6-c6ccccc6)cc5)c4)nc4ccccc43)c2-c2ccccc2)cc1. The lowest BCUT2D eigenvalue weighted by atomic mass is 9.93. The Hall–Kier alpha value is -13.8. The maximum atomic E-state index is 6.90. The zero-order valence-electron chi connectivity index (χ0n) is 54.5. The van der Waals surface area contributed by atoms with Crippen molar-refractivity contribution >= 4 is 54.8 Å². The molecule has 9 heteroatoms. The first kappa shape index (κ1) is 59.7. The third-order valence-corrected chi connectivity index (χ3v) is 18.6. The number of nitrogens with zero attached hydrogens (tertiary/aromatic N) is 7. The van der Waals surface area contributed by atoms with E-state index < -0.39 is 0 Å². The number of hydrogen-bond acceptors (Lipinski definition) is 8. The Morgan fingerprint density at radius 1 is 0.248 bits per heavy atom. The summed E-state index contributed by atoms with van der Waals surface area (Å²) in [6, 6.07) is 119. The number of aromatic nitrogens is 7. The van der Waals surface area contributed by atoms with Gasteiger partial charge in [0.25, 0.3) is 0 Å². The van der Waals surface area contributed by atoms with E-state index in [4.69, 9.17) is 28.8 Å². The van der Waals surface area contributed by atoms with Crippen molar-refractivity contribution < 1.29 is 8.83 Å². The molecule has 0 unspecified atom stereocenters. The van der Waals surface area contributed by atoms with E-state index in [1.54, 1.807) is 12.4 Å². The van der Waals surface area contributed by atoms with Gasteiger partial charge in [-0.15, -0.1) is 0 Å². The number of hydrogen-bond donors (Lipinski definition) is 0. The molecule has 0 aliphatic heterocycles. The molecular formula is C92H59N7O2. The maximum absolute atomic E-state index is 6.90. The second kappa shape index (κ2) is 26.0. The molecule has 0 amide bonds. The third-order valence-electron chi connectivity index (χ3n) is 18.6. The van der Waals surface area contributed by atoms with Crippen molar-refractivity contribution in [2.45, 2.75) is 0 Å². The second-order valence-electron chi connectivity index (χ2n) is 24.8. The van der Waals surface area contributed by atoms with Crippen molar-refractivity contribution in [3.63, 3.8) is 0 Å². The molecule has 0 saturated carbocycles. The Kier molecular flexibility index (Phi) is 15.4. The Labute approximate surface area is 582 Å². The van der Waals surface area contributed by atoms with Gasteiger partial charge in [0.2, 0.25) is 0 Å². The molecule has 0 N–H and O–H groups in total. The number of rotatable bonds is 12. The largest absolute Gasteiger partial charge is 0.455 e. The van der Waals surface area contributed by atoms with Crippen molar-refractivity contribution in [2.24, 2.45) is 0 Å². The molecule has 19 aromatic rings. The summed E-state index contributed by atoms with van der Waals surface area (Å²) in [5, 5.41) is 3.97. The van der Waals surface area contributed by atoms with E-state index in [1.807, 2.05) is 97.1 Å². The highest BCUT2D eigenvalue weighted by molar-refractivity contribution is 6.18. The number of fused-ring (bicyclic) bond motifs is 7. The summed E-state index contributed by atoms with van der Waals surface area (Å²) in [6.07, 6.45) is 3.58. The fraction of sp³-hybridized carbons (Fsp3) is 0. The Morgan fingerprint density at radius 2 is 0.644 bits per heavy atom. The van der Waals surface area contributed by atoms with Crippen LogP contribution in [-0.2, 0) is 0 Å². The second-order valence-corrected chi connectivity index (χ2v) is 24.8. The van der Waals surface area contributed by atoms with Crippen LogP contribution in [0.3, 0.4) is 0 Å². The predicted octanol–water partition coefficient (Wildman–Crippen LogP) is 23.8. The summed E-state index contributed by atoms with van der Waals surface area (Å²) >= 11 is 0. The molecule has 9 nitrogen and oxygen atoms in total. The van der Waals surface area contributed by atoms with E-state index in [2.05, 4.69) is 263 Å². The minimum atomic E-state index is 0.782. The number of furan rings is 2. The third kappa shape index (κ3) is 11.2. The first-order valence-electron chi connectivity index (χ1n) is 33.7. The monoisotopic (exact) mass is 1290 g/mol. The lowest BCUT2D eigenvalue weighted by Crippen LogP contribution is -1.97. The van der Waals surface area contributed by atoms with Gasteiger partial charge in [0.1, 0.15) is 28.5 Å². The van der Waals surface area contributed by atoms with Crippen LogP contribution in [-0.4, -0.2) is 34.5 Å². The van der Waals surface area contributed by atoms with Crippen LogP contribution in [0.25, 0.3) is 184 Å². The summed E-state index contributed by atoms with van der Waals surface area (Å²) < 4.78 is 16.0. The van der Waals surface area contributed by atoms with E-state index in [-0.39, 0.29) is 0 Å². The molecular weight excluding hydrogens is 1240 g/mol. The van der Waals surface area contributed by atoms with Gasteiger partial charge in [-0.05, 0) is 130 Å². The normalized spacial score (nSPS) is 11.4. The molecule has 8 heterocycles. The molecule has 0 aliphatic carbocycles. The lowest BCUT2D eigenvalue weighted by molar-refractivity contribution is 0.635. The van der Waals surface area contributed by atoms with Gasteiger partial charge in [-0.1, -0.05) is 249 Å². The quantitative estimate of drug-likeness (QED) is 0.119. The number of pyridine rings is 5. The van der Waals surface area contributed by atoms with Gasteiger partial charge < -0.3 is 8.83 Å². The first-order chi connectivity index (χ1) is 50.1. The highest BCUT2D eigenvalue weighted by atomic mass is 16.3. The molecule has 19 rings (SSSR count). The molecule has 0 spiro atoms. The summed E-state index contributed by atoms with van der Waals surface area (Å²) in [5.74, 6) is 2.58. The van der Waals surface area contributed by atoms with Crippen LogP contribution in [0, 0.1) is 0 Å². The van der Waals surface area contributed by atoms with E-state index in [0.717, 1.165) is 184 Å². The van der Waals surface area contributed by atoms with Crippen molar-refractivity contribution in [2.75, 3.05) is 0 Å². The van der Waals surface area contributed by atoms with Gasteiger partial charge in [-0.3, -0.25) is 14.5 Å². The molecule has 0 aliphatic rings. The Morgan fingerprint density at radius 3 is 1.13 bits per heavy atom. The van der Waals surface area contributed by atoms with Crippen LogP contribution in [0.5, 0.6) is 0 Å². The summed E-state index contributed by atoms with van der Waals surface area (Å²) in [4.78, 5) is 30.0. The molecule has 0 fully saturated rings. The zero-order valence-corrected chi connectivity index (χ0v) is 54.5. The van der Waals surface area contributed by atoms with Gasteiger partial charge in [0.15, 0.2) is 0 Å². The van der Waals surface area contributed by atoms with Crippen LogP contribution in [0.15, 0.2) is 367 Å². The van der Waals surface area contributed by atoms with Crippen LogP contribution in [0.2, 0.25) is 0 Å². The maximum Gasteiger partial charge on any atom is 0.147 e. The summed E-state index contributed by atoms with van der Waals surface area (Å²) in [5.41, 5.74) is 25.1. The number of benzene rings is 11. The minimum Gasteiger partial charge on any atom is -0.455 e. The van der Waals surface area contributed by atoms with E-state index in [1.165, 1.54) is 0 Å². The summed E-state index contributed by atoms with van der Waals surface area (Å²) in [6.45, 7) is 0. The average Bonchev–Trinajstić information content (AvgIpc) is 1.61. The summed E-state index contributed by atoms with van der Waals surface area (Å²) in [7, 11) is 0. The van der Waals surface area contributed by atoms with E-state index in [9.17, 15) is 0 Å². The van der Waals surface area contributed by atoms with Gasteiger partial charge >= 0.3 is 0 Å². The van der Waals surface area contributed by atoms with Crippen molar-refractivity contribution in [1.82, 2.24) is 34.5 Å². The molecule has 474 valence electrons. The van der Waals surface area contributed by atoms with E-state index in [0.29, 0.717) is 0 Å². The molecule has 101 heavy (non-hydrogen) atoms. The van der Waals surface area contributed by atoms with Crippen LogP contribution >= 0.6 is 0 Å². The van der Waals surface area contributed by atoms with Crippen LogP contribution in [0.1, 0.15) is 0 Å². The molecule has 0 radical (unpaired) electrons. The van der Waals surface area contributed by atoms with Gasteiger partial charge in [0, 0.05) is 67.8 Å². The van der Waals surface area contributed by atoms with Crippen molar-refractivity contribution in [3.05, 3.63) is 358 Å². The molecule has 8 aromatic heterocycles. The fourth-order valence-electron chi connectivity index (χ4n) is 13.9. The van der Waals surface area contributed by atoms with E-state index >= 15 is 0 Å². The number of para-hydroxylation sites is 5. The topological polar surface area (TPSA) is 109 Å². The fourth-order valence-corrected chi connectivity index (χ4v) is 13.9. The molecule has 0 bridgehead atoms. The first-order valence-corrected chi connectivity index (χ1v) is 33.7. The predicted molar refractivity (Wildman–Crippen MR) is 411 cm³/mol. The minimum absolute atomic E-state index is 0.782. The number of imidazole rings is 1. The highest BCUT2D eigenvalue weighted by Crippen LogP contribution is 2.49. The highest BCUT2D eigenvalue weighted by Gasteiger charge is 2.27. The Balaban J connectivity index is 0.000000145. The molecule has 0 atom stereocenters. The van der Waals surface area contributed by atoms with Crippen molar-refractivity contribution in [1.29, 1.82) is 0 Å². The standard InChI is InChI=1S/C48H31N3O.C44H28N4O/c1-4-15-33(16-5-1)43-44-45(49-40-24-11-10-23-39(40)47(44)52-46(43)34-17-6-2-7-18-34)37-20-14-19-36(31-37)32-27-29-35(30-28-32)48-50-41-25-12-13-26-42(41)51(48)38-21-8-3-9-22-38;1-3-14-29(15-4-1)40-41-42(48-35-21-8-7-20-34(35)44(41)49-43(40)30-16-5-2-6-17-30)32-19-13-18-31(26-32)33-27-38(36-22-9-11-24-45-36)47-39(28-33)37-23-10-12-25-46-37/h1-31H;1-28H. The zero-order chi connectivity index (χ0) is 67.0. The van der Waals surface area contributed by atoms with Gasteiger partial charge in [-0.2, -0.15) is 0 Å². The lowest BCUT2D eigenvalue weighted by Gasteiger charge is -2.12. The van der Waals surface area contributed by atoms with Crippen molar-refractivity contribution in [3.8, 4) is 130 Å². The van der Waals surface area contributed by atoms with Gasteiger partial charge in [0.05, 0.1) is 67.0 Å². The smallest absolute Gasteiger partial charge is 0.147 e. The van der Waals surface area contributed by atoms with Gasteiger partial charge in [-0.25, -0.2) is 19.9 Å². The van der Waals surface area contributed by atoms with Crippen LogP contribution < -0.4 is 0 Å². The molecule has 0 saturated heterocycles. The molecule has 11 aromatic carbocycles. The van der Waals surface area contributed by atoms with Crippen LogP contribution in [0.4, 0.5) is 0 Å².